The number of fused-ring (bicyclic) bond motifs is 2. The summed E-state index contributed by atoms with van der Waals surface area (Å²) in [6, 6.07) is 8.70. The number of carbonyl (C=O) groups is 1. The Balaban J connectivity index is 1.17. The molecule has 6 rings (SSSR count). The molecule has 4 heterocycles. The van der Waals surface area contributed by atoms with E-state index in [1.54, 1.807) is 18.3 Å². The fourth-order valence-electron chi connectivity index (χ4n) is 6.15. The SMILES string of the molecule is Cc1ccc(F)cc1CCNc1cc[nH]c(=O)c1C1Nc2cc3c(c(C)c2N1)C(=O)N(CCN1CCCC1)C3. The van der Waals surface area contributed by atoms with Crippen LogP contribution in [0.1, 0.15) is 57.2 Å². The lowest BCUT2D eigenvalue weighted by Gasteiger charge is -2.21. The van der Waals surface area contributed by atoms with Crippen LogP contribution in [0.15, 0.2) is 41.3 Å². The molecule has 1 saturated heterocycles. The Kier molecular flexibility index (Phi) is 6.76. The van der Waals surface area contributed by atoms with Crippen molar-refractivity contribution >= 4 is 23.0 Å². The number of benzene rings is 2. The largest absolute Gasteiger partial charge is 0.384 e. The van der Waals surface area contributed by atoms with Crippen LogP contribution in [0.2, 0.25) is 0 Å². The van der Waals surface area contributed by atoms with Crippen LogP contribution in [0.4, 0.5) is 21.5 Å². The molecule has 9 heteroatoms. The second-order valence-electron chi connectivity index (χ2n) is 10.8. The second kappa shape index (κ2) is 10.4. The van der Waals surface area contributed by atoms with Crippen molar-refractivity contribution in [3.63, 3.8) is 0 Å². The number of aromatic nitrogens is 1. The van der Waals surface area contributed by atoms with Gasteiger partial charge in [0.25, 0.3) is 11.5 Å². The second-order valence-corrected chi connectivity index (χ2v) is 10.8. The van der Waals surface area contributed by atoms with Crippen LogP contribution in [-0.4, -0.2) is 53.4 Å². The number of hydrogen-bond acceptors (Lipinski definition) is 6. The van der Waals surface area contributed by atoms with Gasteiger partial charge in [-0.25, -0.2) is 4.39 Å². The van der Waals surface area contributed by atoms with Gasteiger partial charge in [0.05, 0.1) is 16.9 Å². The third-order valence-corrected chi connectivity index (χ3v) is 8.30. The summed E-state index contributed by atoms with van der Waals surface area (Å²) in [7, 11) is 0. The van der Waals surface area contributed by atoms with Crippen molar-refractivity contribution in [1.82, 2.24) is 14.8 Å². The maximum Gasteiger partial charge on any atom is 0.257 e. The third-order valence-electron chi connectivity index (χ3n) is 8.30. The number of aromatic amines is 1. The van der Waals surface area contributed by atoms with E-state index in [1.807, 2.05) is 24.8 Å². The Bertz CT molecular complexity index is 1480. The number of hydrogen-bond donors (Lipinski definition) is 4. The lowest BCUT2D eigenvalue weighted by Crippen LogP contribution is -2.34. The number of pyridine rings is 1. The summed E-state index contributed by atoms with van der Waals surface area (Å²) in [6.45, 7) is 9.01. The van der Waals surface area contributed by atoms with Crippen LogP contribution >= 0.6 is 0 Å². The highest BCUT2D eigenvalue weighted by molar-refractivity contribution is 6.03. The number of aryl methyl sites for hydroxylation is 1. The summed E-state index contributed by atoms with van der Waals surface area (Å²) in [4.78, 5) is 33.5. The van der Waals surface area contributed by atoms with Gasteiger partial charge in [0.2, 0.25) is 0 Å². The summed E-state index contributed by atoms with van der Waals surface area (Å²) in [5.74, 6) is -0.165. The Morgan fingerprint density at radius 1 is 1.05 bits per heavy atom. The van der Waals surface area contributed by atoms with Crippen LogP contribution < -0.4 is 21.5 Å². The molecule has 204 valence electrons. The number of halogens is 1. The zero-order valence-corrected chi connectivity index (χ0v) is 22.5. The van der Waals surface area contributed by atoms with E-state index in [0.717, 1.165) is 65.4 Å². The zero-order chi connectivity index (χ0) is 27.1. The van der Waals surface area contributed by atoms with Gasteiger partial charge in [-0.3, -0.25) is 9.59 Å². The fraction of sp³-hybridized carbons (Fsp3) is 0.400. The maximum atomic E-state index is 13.7. The number of nitrogens with one attached hydrogen (secondary N) is 4. The average Bonchev–Trinajstić information content (AvgIpc) is 3.65. The van der Waals surface area contributed by atoms with Gasteiger partial charge in [0, 0.05) is 43.6 Å². The molecule has 1 fully saturated rings. The minimum atomic E-state index is -0.453. The van der Waals surface area contributed by atoms with E-state index in [9.17, 15) is 14.0 Å². The summed E-state index contributed by atoms with van der Waals surface area (Å²) in [5.41, 5.74) is 7.49. The molecule has 0 saturated carbocycles. The van der Waals surface area contributed by atoms with Gasteiger partial charge in [-0.2, -0.15) is 0 Å². The summed E-state index contributed by atoms with van der Waals surface area (Å²) >= 11 is 0. The molecule has 8 nitrogen and oxygen atoms in total. The van der Waals surface area contributed by atoms with Gasteiger partial charge in [0.15, 0.2) is 0 Å². The number of likely N-dealkylation sites (tertiary alicyclic amines) is 1. The maximum absolute atomic E-state index is 13.7. The number of amides is 1. The molecule has 0 radical (unpaired) electrons. The Hall–Kier alpha value is -3.85. The van der Waals surface area contributed by atoms with Crippen molar-refractivity contribution in [2.24, 2.45) is 0 Å². The molecule has 1 unspecified atom stereocenters. The first-order valence-corrected chi connectivity index (χ1v) is 13.8. The topological polar surface area (TPSA) is 92.5 Å². The Morgan fingerprint density at radius 2 is 1.87 bits per heavy atom. The van der Waals surface area contributed by atoms with E-state index in [-0.39, 0.29) is 17.3 Å². The number of rotatable bonds is 8. The van der Waals surface area contributed by atoms with Crippen LogP contribution in [0.5, 0.6) is 0 Å². The molecule has 3 aliphatic heterocycles. The van der Waals surface area contributed by atoms with E-state index < -0.39 is 6.17 Å². The molecule has 3 aromatic rings. The van der Waals surface area contributed by atoms with Gasteiger partial charge in [-0.05, 0) is 92.7 Å². The Labute approximate surface area is 227 Å². The minimum Gasteiger partial charge on any atom is -0.384 e. The van der Waals surface area contributed by atoms with E-state index in [0.29, 0.717) is 30.8 Å². The first-order valence-electron chi connectivity index (χ1n) is 13.8. The van der Waals surface area contributed by atoms with Gasteiger partial charge >= 0.3 is 0 Å². The number of carbonyl (C=O) groups excluding carboxylic acids is 1. The normalized spacial score (nSPS) is 18.2. The van der Waals surface area contributed by atoms with E-state index in [4.69, 9.17) is 0 Å². The van der Waals surface area contributed by atoms with Crippen molar-refractivity contribution < 1.29 is 9.18 Å². The predicted octanol–water partition coefficient (Wildman–Crippen LogP) is 4.37. The highest BCUT2D eigenvalue weighted by Gasteiger charge is 2.35. The van der Waals surface area contributed by atoms with Crippen LogP contribution in [-0.2, 0) is 13.0 Å². The molecule has 0 spiro atoms. The van der Waals surface area contributed by atoms with Gasteiger partial charge in [-0.1, -0.05) is 6.07 Å². The van der Waals surface area contributed by atoms with Crippen molar-refractivity contribution in [2.75, 3.05) is 48.7 Å². The van der Waals surface area contributed by atoms with E-state index >= 15 is 0 Å². The highest BCUT2D eigenvalue weighted by Crippen LogP contribution is 2.43. The smallest absolute Gasteiger partial charge is 0.257 e. The van der Waals surface area contributed by atoms with Gasteiger partial charge in [0.1, 0.15) is 12.0 Å². The van der Waals surface area contributed by atoms with Crippen molar-refractivity contribution in [1.29, 1.82) is 0 Å². The predicted molar refractivity (Wildman–Crippen MR) is 152 cm³/mol. The summed E-state index contributed by atoms with van der Waals surface area (Å²) < 4.78 is 13.7. The first-order chi connectivity index (χ1) is 18.9. The van der Waals surface area contributed by atoms with Crippen LogP contribution in [0.25, 0.3) is 0 Å². The Morgan fingerprint density at radius 3 is 2.69 bits per heavy atom. The summed E-state index contributed by atoms with van der Waals surface area (Å²) in [6.07, 6.45) is 4.29. The minimum absolute atomic E-state index is 0.0855. The molecule has 1 aromatic heterocycles. The fourth-order valence-corrected chi connectivity index (χ4v) is 6.15. The summed E-state index contributed by atoms with van der Waals surface area (Å²) in [5, 5.41) is 10.3. The molecule has 0 aliphatic carbocycles. The van der Waals surface area contributed by atoms with Gasteiger partial charge < -0.3 is 30.7 Å². The molecular weight excluding hydrogens is 495 g/mol. The van der Waals surface area contributed by atoms with E-state index in [2.05, 4.69) is 31.9 Å². The standard InChI is InChI=1S/C30H35FN6O2/c1-18-5-6-22(31)15-20(18)7-9-32-23-8-10-33-29(38)26(23)28-34-24-16-21-17-37(14-13-36-11-3-4-12-36)30(39)25(21)19(2)27(24)35-28/h5-6,8,10,15-16,28,34-35H,3-4,7,9,11-14,17H2,1-2H3,(H2,32,33,38). The number of anilines is 3. The molecule has 2 aromatic carbocycles. The molecule has 1 atom stereocenters. The third kappa shape index (κ3) is 4.87. The first kappa shape index (κ1) is 25.4. The molecule has 1 amide bonds. The highest BCUT2D eigenvalue weighted by atomic mass is 19.1. The van der Waals surface area contributed by atoms with Crippen LogP contribution in [0, 0.1) is 19.7 Å². The molecule has 0 bridgehead atoms. The van der Waals surface area contributed by atoms with Crippen molar-refractivity contribution in [2.45, 2.75) is 45.8 Å². The van der Waals surface area contributed by atoms with Crippen LogP contribution in [0.3, 0.4) is 0 Å². The zero-order valence-electron chi connectivity index (χ0n) is 22.5. The molecular formula is C30H35FN6O2. The lowest BCUT2D eigenvalue weighted by molar-refractivity contribution is 0.0763. The van der Waals surface area contributed by atoms with E-state index in [1.165, 1.54) is 18.9 Å². The quantitative estimate of drug-likeness (QED) is 0.346. The van der Waals surface area contributed by atoms with Crippen molar-refractivity contribution in [3.8, 4) is 0 Å². The molecule has 3 aliphatic rings. The van der Waals surface area contributed by atoms with Gasteiger partial charge in [-0.15, -0.1) is 0 Å². The molecule has 4 N–H and O–H groups in total. The monoisotopic (exact) mass is 530 g/mol. The molecule has 39 heavy (non-hydrogen) atoms. The lowest BCUT2D eigenvalue weighted by atomic mass is 10.0. The number of nitrogens with zero attached hydrogens (tertiary/aromatic N) is 2. The van der Waals surface area contributed by atoms with Crippen molar-refractivity contribution in [3.05, 3.63) is 86.1 Å². The average molecular weight is 531 g/mol. The number of H-pyrrole nitrogens is 1.